The van der Waals surface area contributed by atoms with Crippen molar-refractivity contribution in [2.24, 2.45) is 0 Å². The van der Waals surface area contributed by atoms with Crippen molar-refractivity contribution in [3.05, 3.63) is 48.2 Å². The van der Waals surface area contributed by atoms with Gasteiger partial charge in [0.2, 0.25) is 0 Å². The fourth-order valence-corrected chi connectivity index (χ4v) is 1.90. The average Bonchev–Trinajstić information content (AvgIpc) is 2.97. The Bertz CT molecular complexity index is 431. The normalized spacial score (nSPS) is 12.8. The maximum Gasteiger partial charge on any atom is 0.120 e. The molecule has 2 aromatic rings. The van der Waals surface area contributed by atoms with Gasteiger partial charge in [0.1, 0.15) is 5.76 Å². The molecule has 0 aromatic carbocycles. The largest absolute Gasteiger partial charge is 0.468 e. The summed E-state index contributed by atoms with van der Waals surface area (Å²) in [5, 5.41) is 3.45. The first-order valence-electron chi connectivity index (χ1n) is 6.21. The molecule has 3 heteroatoms. The zero-order valence-electron chi connectivity index (χ0n) is 10.5. The van der Waals surface area contributed by atoms with Gasteiger partial charge in [-0.05, 0) is 37.1 Å². The van der Waals surface area contributed by atoms with Crippen molar-refractivity contribution < 1.29 is 4.42 Å². The van der Waals surface area contributed by atoms with Crippen LogP contribution < -0.4 is 5.32 Å². The van der Waals surface area contributed by atoms with Crippen LogP contribution in [0.1, 0.15) is 37.6 Å². The monoisotopic (exact) mass is 232 g/mol. The van der Waals surface area contributed by atoms with Crippen LogP contribution in [0.2, 0.25) is 0 Å². The summed E-state index contributed by atoms with van der Waals surface area (Å²) in [7, 11) is 0. The Morgan fingerprint density at radius 2 is 2.29 bits per heavy atom. The third-order valence-corrected chi connectivity index (χ3v) is 2.88. The predicted molar refractivity (Wildman–Crippen MR) is 68.7 cm³/mol. The molecule has 1 unspecified atom stereocenters. The van der Waals surface area contributed by atoms with E-state index in [4.69, 9.17) is 4.42 Å². The highest BCUT2D eigenvalue weighted by Crippen LogP contribution is 2.13. The number of rotatable bonds is 6. The Kier molecular flexibility index (Phi) is 4.04. The molecule has 17 heavy (non-hydrogen) atoms. The number of hydrogen-bond acceptors (Lipinski definition) is 2. The highest BCUT2D eigenvalue weighted by atomic mass is 16.3. The van der Waals surface area contributed by atoms with Gasteiger partial charge in [-0.15, -0.1) is 0 Å². The Morgan fingerprint density at radius 1 is 1.41 bits per heavy atom. The molecule has 0 fully saturated rings. The van der Waals surface area contributed by atoms with Crippen LogP contribution in [0, 0.1) is 0 Å². The van der Waals surface area contributed by atoms with Crippen LogP contribution in [0.5, 0.6) is 0 Å². The van der Waals surface area contributed by atoms with Crippen molar-refractivity contribution in [3.63, 3.8) is 0 Å². The molecular formula is C14H20N2O. The molecule has 0 bridgehead atoms. The van der Waals surface area contributed by atoms with Gasteiger partial charge in [-0.25, -0.2) is 0 Å². The van der Waals surface area contributed by atoms with Crippen molar-refractivity contribution >= 4 is 0 Å². The lowest BCUT2D eigenvalue weighted by Gasteiger charge is -2.10. The molecule has 0 aliphatic heterocycles. The summed E-state index contributed by atoms with van der Waals surface area (Å²) in [6.07, 6.45) is 7.22. The fraction of sp³-hybridized carbons (Fsp3) is 0.429. The molecule has 92 valence electrons. The van der Waals surface area contributed by atoms with Crippen LogP contribution in [0.3, 0.4) is 0 Å². The SMILES string of the molecule is CCCn1ccc(CNC(C)c2ccco2)c1. The summed E-state index contributed by atoms with van der Waals surface area (Å²) in [6, 6.07) is 6.34. The van der Waals surface area contributed by atoms with Gasteiger partial charge in [0, 0.05) is 25.5 Å². The second-order valence-corrected chi connectivity index (χ2v) is 4.38. The van der Waals surface area contributed by atoms with Gasteiger partial charge < -0.3 is 14.3 Å². The second kappa shape index (κ2) is 5.73. The summed E-state index contributed by atoms with van der Waals surface area (Å²) >= 11 is 0. The van der Waals surface area contributed by atoms with E-state index in [9.17, 15) is 0 Å². The maximum atomic E-state index is 5.36. The van der Waals surface area contributed by atoms with Gasteiger partial charge in [-0.2, -0.15) is 0 Å². The number of hydrogen-bond donors (Lipinski definition) is 1. The Balaban J connectivity index is 1.84. The first-order valence-corrected chi connectivity index (χ1v) is 6.21. The van der Waals surface area contributed by atoms with Gasteiger partial charge in [0.15, 0.2) is 0 Å². The molecule has 1 atom stereocenters. The lowest BCUT2D eigenvalue weighted by Crippen LogP contribution is -2.17. The molecule has 2 aromatic heterocycles. The molecule has 1 N–H and O–H groups in total. The van der Waals surface area contributed by atoms with E-state index in [0.29, 0.717) is 0 Å². The zero-order valence-corrected chi connectivity index (χ0v) is 10.5. The van der Waals surface area contributed by atoms with Crippen LogP contribution in [0.15, 0.2) is 41.3 Å². The smallest absolute Gasteiger partial charge is 0.120 e. The summed E-state index contributed by atoms with van der Waals surface area (Å²) < 4.78 is 7.59. The highest BCUT2D eigenvalue weighted by Gasteiger charge is 2.07. The maximum absolute atomic E-state index is 5.36. The van der Waals surface area contributed by atoms with Gasteiger partial charge in [-0.3, -0.25) is 0 Å². The van der Waals surface area contributed by atoms with Crippen molar-refractivity contribution in [2.45, 2.75) is 39.4 Å². The molecule has 0 amide bonds. The van der Waals surface area contributed by atoms with Gasteiger partial charge in [0.05, 0.1) is 12.3 Å². The highest BCUT2D eigenvalue weighted by molar-refractivity contribution is 5.11. The van der Waals surface area contributed by atoms with Crippen molar-refractivity contribution in [1.29, 1.82) is 0 Å². The molecule has 0 saturated carbocycles. The summed E-state index contributed by atoms with van der Waals surface area (Å²) in [6.45, 7) is 6.27. The van der Waals surface area contributed by atoms with Gasteiger partial charge in [-0.1, -0.05) is 6.92 Å². The quantitative estimate of drug-likeness (QED) is 0.828. The third-order valence-electron chi connectivity index (χ3n) is 2.88. The molecular weight excluding hydrogens is 212 g/mol. The van der Waals surface area contributed by atoms with Crippen molar-refractivity contribution in [1.82, 2.24) is 9.88 Å². The summed E-state index contributed by atoms with van der Waals surface area (Å²) in [4.78, 5) is 0. The minimum atomic E-state index is 0.250. The number of aryl methyl sites for hydroxylation is 1. The molecule has 0 aliphatic carbocycles. The van der Waals surface area contributed by atoms with Crippen molar-refractivity contribution in [2.75, 3.05) is 0 Å². The summed E-state index contributed by atoms with van der Waals surface area (Å²) in [5.41, 5.74) is 1.32. The molecule has 0 radical (unpaired) electrons. The van der Waals surface area contributed by atoms with E-state index in [0.717, 1.165) is 18.8 Å². The second-order valence-electron chi connectivity index (χ2n) is 4.38. The molecule has 3 nitrogen and oxygen atoms in total. The van der Waals surface area contributed by atoms with E-state index in [2.05, 4.69) is 42.2 Å². The molecule has 2 heterocycles. The molecule has 2 rings (SSSR count). The Hall–Kier alpha value is -1.48. The first-order chi connectivity index (χ1) is 8.29. The van der Waals surface area contributed by atoms with Crippen LogP contribution in [0.4, 0.5) is 0 Å². The minimum Gasteiger partial charge on any atom is -0.468 e. The fourth-order valence-electron chi connectivity index (χ4n) is 1.90. The Morgan fingerprint density at radius 3 is 3.00 bits per heavy atom. The average molecular weight is 232 g/mol. The van der Waals surface area contributed by atoms with Gasteiger partial charge in [0.25, 0.3) is 0 Å². The van der Waals surface area contributed by atoms with E-state index < -0.39 is 0 Å². The zero-order chi connectivity index (χ0) is 12.1. The lowest BCUT2D eigenvalue weighted by atomic mass is 10.2. The molecule has 0 aliphatic rings. The van der Waals surface area contributed by atoms with E-state index in [1.807, 2.05) is 12.1 Å². The lowest BCUT2D eigenvalue weighted by molar-refractivity contribution is 0.430. The predicted octanol–water partition coefficient (Wildman–Crippen LogP) is 3.34. The standard InChI is InChI=1S/C14H20N2O/c1-3-7-16-8-6-13(11-16)10-15-12(2)14-5-4-9-17-14/h4-6,8-9,11-12,15H,3,7,10H2,1-2H3. The number of nitrogens with zero attached hydrogens (tertiary/aromatic N) is 1. The number of aromatic nitrogens is 1. The van der Waals surface area contributed by atoms with Crippen LogP contribution >= 0.6 is 0 Å². The minimum absolute atomic E-state index is 0.250. The van der Waals surface area contributed by atoms with Crippen LogP contribution in [-0.2, 0) is 13.1 Å². The topological polar surface area (TPSA) is 30.1 Å². The van der Waals surface area contributed by atoms with Crippen LogP contribution in [-0.4, -0.2) is 4.57 Å². The van der Waals surface area contributed by atoms with Crippen LogP contribution in [0.25, 0.3) is 0 Å². The summed E-state index contributed by atoms with van der Waals surface area (Å²) in [5.74, 6) is 0.984. The molecule has 0 saturated heterocycles. The number of furan rings is 1. The number of nitrogens with one attached hydrogen (secondary N) is 1. The Labute approximate surface area is 102 Å². The van der Waals surface area contributed by atoms with E-state index in [1.54, 1.807) is 6.26 Å². The molecule has 0 spiro atoms. The van der Waals surface area contributed by atoms with Crippen molar-refractivity contribution in [3.8, 4) is 0 Å². The van der Waals surface area contributed by atoms with E-state index >= 15 is 0 Å². The van der Waals surface area contributed by atoms with E-state index in [1.165, 1.54) is 12.0 Å². The van der Waals surface area contributed by atoms with E-state index in [-0.39, 0.29) is 6.04 Å². The van der Waals surface area contributed by atoms with Gasteiger partial charge >= 0.3 is 0 Å². The third kappa shape index (κ3) is 3.24. The first kappa shape index (κ1) is 12.0.